The Morgan fingerprint density at radius 2 is 1.95 bits per heavy atom. The first-order valence-corrected chi connectivity index (χ1v) is 7.63. The molecular weight excluding hydrogens is 241 g/mol. The van der Waals surface area contributed by atoms with Crippen LogP contribution < -0.4 is 5.73 Å². The van der Waals surface area contributed by atoms with Crippen molar-refractivity contribution in [3.05, 3.63) is 18.0 Å². The van der Waals surface area contributed by atoms with Gasteiger partial charge in [0.05, 0.1) is 11.7 Å². The van der Waals surface area contributed by atoms with Crippen LogP contribution >= 0.6 is 0 Å². The lowest BCUT2D eigenvalue weighted by Crippen LogP contribution is -2.37. The standard InChI is InChI=1S/C15H24FN3/c16-15(8-5-12(17)6-9-15)11-13-7-10-19(18-13)14-3-1-2-4-14/h7,10,12,14H,1-6,8-9,11,17H2. The minimum atomic E-state index is -1.08. The van der Waals surface area contributed by atoms with Crippen LogP contribution in [-0.4, -0.2) is 21.5 Å². The van der Waals surface area contributed by atoms with Crippen LogP contribution in [0.15, 0.2) is 12.3 Å². The van der Waals surface area contributed by atoms with Gasteiger partial charge in [-0.2, -0.15) is 5.10 Å². The number of aromatic nitrogens is 2. The van der Waals surface area contributed by atoms with E-state index in [1.807, 2.05) is 12.3 Å². The molecule has 106 valence electrons. The predicted octanol–water partition coefficient (Wildman–Crippen LogP) is 3.15. The summed E-state index contributed by atoms with van der Waals surface area (Å²) in [6.45, 7) is 0. The average Bonchev–Trinajstić information content (AvgIpc) is 3.03. The molecule has 2 aliphatic rings. The van der Waals surface area contributed by atoms with E-state index in [1.165, 1.54) is 25.7 Å². The monoisotopic (exact) mass is 265 g/mol. The molecule has 0 unspecified atom stereocenters. The normalized spacial score (nSPS) is 32.8. The Morgan fingerprint density at radius 3 is 2.63 bits per heavy atom. The summed E-state index contributed by atoms with van der Waals surface area (Å²) in [7, 11) is 0. The smallest absolute Gasteiger partial charge is 0.116 e. The molecule has 0 saturated heterocycles. The number of hydrogen-bond acceptors (Lipinski definition) is 2. The molecule has 1 heterocycles. The molecule has 2 fully saturated rings. The molecule has 2 aliphatic carbocycles. The van der Waals surface area contributed by atoms with Crippen molar-refractivity contribution >= 4 is 0 Å². The highest BCUT2D eigenvalue weighted by molar-refractivity contribution is 5.06. The number of nitrogens with two attached hydrogens (primary N) is 1. The summed E-state index contributed by atoms with van der Waals surface area (Å²) in [4.78, 5) is 0. The molecule has 1 aromatic rings. The fraction of sp³-hybridized carbons (Fsp3) is 0.800. The summed E-state index contributed by atoms with van der Waals surface area (Å²) in [6.07, 6.45) is 10.3. The molecule has 1 aromatic heterocycles. The van der Waals surface area contributed by atoms with Gasteiger partial charge in [0.1, 0.15) is 5.67 Å². The molecule has 19 heavy (non-hydrogen) atoms. The Morgan fingerprint density at radius 1 is 1.26 bits per heavy atom. The van der Waals surface area contributed by atoms with Gasteiger partial charge in [0.2, 0.25) is 0 Å². The van der Waals surface area contributed by atoms with Gasteiger partial charge in [-0.15, -0.1) is 0 Å². The van der Waals surface area contributed by atoms with Gasteiger partial charge < -0.3 is 5.73 Å². The van der Waals surface area contributed by atoms with Gasteiger partial charge in [0.25, 0.3) is 0 Å². The second-order valence-electron chi connectivity index (χ2n) is 6.39. The van der Waals surface area contributed by atoms with Crippen LogP contribution in [0.4, 0.5) is 4.39 Å². The van der Waals surface area contributed by atoms with E-state index in [9.17, 15) is 4.39 Å². The fourth-order valence-electron chi connectivity index (χ4n) is 3.50. The first-order chi connectivity index (χ1) is 9.15. The highest BCUT2D eigenvalue weighted by atomic mass is 19.1. The topological polar surface area (TPSA) is 43.8 Å². The number of halogens is 1. The first kappa shape index (κ1) is 13.1. The summed E-state index contributed by atoms with van der Waals surface area (Å²) in [6, 6.07) is 2.73. The molecule has 2 saturated carbocycles. The van der Waals surface area contributed by atoms with Crippen molar-refractivity contribution in [1.29, 1.82) is 0 Å². The zero-order valence-corrected chi connectivity index (χ0v) is 11.5. The zero-order valence-electron chi connectivity index (χ0n) is 11.5. The van der Waals surface area contributed by atoms with Crippen molar-refractivity contribution in [3.63, 3.8) is 0 Å². The molecule has 0 radical (unpaired) electrons. The van der Waals surface area contributed by atoms with E-state index < -0.39 is 5.67 Å². The molecule has 0 aliphatic heterocycles. The van der Waals surface area contributed by atoms with E-state index in [1.54, 1.807) is 0 Å². The Bertz CT molecular complexity index is 415. The molecule has 2 N–H and O–H groups in total. The van der Waals surface area contributed by atoms with Crippen molar-refractivity contribution < 1.29 is 4.39 Å². The van der Waals surface area contributed by atoms with E-state index in [2.05, 4.69) is 9.78 Å². The second-order valence-corrected chi connectivity index (χ2v) is 6.39. The minimum absolute atomic E-state index is 0.194. The largest absolute Gasteiger partial charge is 0.328 e. The lowest BCUT2D eigenvalue weighted by atomic mass is 9.81. The van der Waals surface area contributed by atoms with Crippen LogP contribution in [0.2, 0.25) is 0 Å². The van der Waals surface area contributed by atoms with Gasteiger partial charge >= 0.3 is 0 Å². The fourth-order valence-corrected chi connectivity index (χ4v) is 3.50. The molecule has 0 atom stereocenters. The second kappa shape index (κ2) is 5.23. The third kappa shape index (κ3) is 2.99. The zero-order chi connectivity index (χ0) is 13.3. The Kier molecular flexibility index (Phi) is 3.61. The van der Waals surface area contributed by atoms with E-state index in [-0.39, 0.29) is 6.04 Å². The van der Waals surface area contributed by atoms with Crippen molar-refractivity contribution in [1.82, 2.24) is 9.78 Å². The summed E-state index contributed by atoms with van der Waals surface area (Å²) in [5.74, 6) is 0. The van der Waals surface area contributed by atoms with E-state index in [0.29, 0.717) is 25.3 Å². The predicted molar refractivity (Wildman–Crippen MR) is 73.7 cm³/mol. The maximum Gasteiger partial charge on any atom is 0.116 e. The third-order valence-electron chi connectivity index (χ3n) is 4.79. The highest BCUT2D eigenvalue weighted by Gasteiger charge is 2.35. The van der Waals surface area contributed by atoms with Gasteiger partial charge in [0, 0.05) is 18.7 Å². The van der Waals surface area contributed by atoms with Gasteiger partial charge in [-0.05, 0) is 44.6 Å². The molecule has 0 aromatic carbocycles. The minimum Gasteiger partial charge on any atom is -0.328 e. The molecule has 0 bridgehead atoms. The van der Waals surface area contributed by atoms with E-state index >= 15 is 0 Å². The molecule has 3 rings (SSSR count). The summed E-state index contributed by atoms with van der Waals surface area (Å²) in [5, 5.41) is 4.60. The Hall–Kier alpha value is -0.900. The summed E-state index contributed by atoms with van der Waals surface area (Å²) < 4.78 is 16.8. The number of nitrogens with zero attached hydrogens (tertiary/aromatic N) is 2. The first-order valence-electron chi connectivity index (χ1n) is 7.63. The van der Waals surface area contributed by atoms with Crippen LogP contribution in [0.5, 0.6) is 0 Å². The van der Waals surface area contributed by atoms with Gasteiger partial charge in [-0.3, -0.25) is 4.68 Å². The maximum absolute atomic E-state index is 14.7. The van der Waals surface area contributed by atoms with E-state index in [4.69, 9.17) is 5.73 Å². The molecule has 4 heteroatoms. The molecule has 3 nitrogen and oxygen atoms in total. The summed E-state index contributed by atoms with van der Waals surface area (Å²) >= 11 is 0. The van der Waals surface area contributed by atoms with Crippen LogP contribution in [0.1, 0.15) is 63.1 Å². The van der Waals surface area contributed by atoms with Crippen molar-refractivity contribution in [2.24, 2.45) is 5.73 Å². The number of alkyl halides is 1. The molecule has 0 spiro atoms. The van der Waals surface area contributed by atoms with Crippen LogP contribution in [-0.2, 0) is 6.42 Å². The van der Waals surface area contributed by atoms with Crippen molar-refractivity contribution in [2.45, 2.75) is 75.5 Å². The van der Waals surface area contributed by atoms with Crippen LogP contribution in [0.3, 0.4) is 0 Å². The summed E-state index contributed by atoms with van der Waals surface area (Å²) in [5.41, 5.74) is 5.68. The van der Waals surface area contributed by atoms with Gasteiger partial charge in [0.15, 0.2) is 0 Å². The van der Waals surface area contributed by atoms with E-state index in [0.717, 1.165) is 18.5 Å². The Labute approximate surface area is 114 Å². The quantitative estimate of drug-likeness (QED) is 0.912. The Balaban J connectivity index is 1.63. The van der Waals surface area contributed by atoms with Crippen molar-refractivity contribution in [3.8, 4) is 0 Å². The number of rotatable bonds is 3. The van der Waals surface area contributed by atoms with Gasteiger partial charge in [-0.1, -0.05) is 12.8 Å². The molecule has 0 amide bonds. The lowest BCUT2D eigenvalue weighted by Gasteiger charge is -2.31. The molecular formula is C15H24FN3. The third-order valence-corrected chi connectivity index (χ3v) is 4.79. The lowest BCUT2D eigenvalue weighted by molar-refractivity contribution is 0.0981. The van der Waals surface area contributed by atoms with Crippen LogP contribution in [0.25, 0.3) is 0 Å². The highest BCUT2D eigenvalue weighted by Crippen LogP contribution is 2.34. The average molecular weight is 265 g/mol. The van der Waals surface area contributed by atoms with Crippen LogP contribution in [0, 0.1) is 0 Å². The van der Waals surface area contributed by atoms with Crippen molar-refractivity contribution in [2.75, 3.05) is 0 Å². The van der Waals surface area contributed by atoms with Gasteiger partial charge in [-0.25, -0.2) is 4.39 Å². The number of hydrogen-bond donors (Lipinski definition) is 1. The SMILES string of the molecule is NC1CCC(F)(Cc2ccn(C3CCCC3)n2)CC1. The maximum atomic E-state index is 14.7.